The van der Waals surface area contributed by atoms with E-state index in [4.69, 9.17) is 4.74 Å². The van der Waals surface area contributed by atoms with Crippen molar-refractivity contribution in [2.24, 2.45) is 11.8 Å². The van der Waals surface area contributed by atoms with Gasteiger partial charge in [-0.25, -0.2) is 21.9 Å². The van der Waals surface area contributed by atoms with Gasteiger partial charge in [-0.2, -0.15) is 0 Å². The van der Waals surface area contributed by atoms with Crippen molar-refractivity contribution in [1.82, 2.24) is 9.62 Å². The second kappa shape index (κ2) is 9.91. The molecule has 1 saturated carbocycles. The van der Waals surface area contributed by atoms with E-state index in [-0.39, 0.29) is 42.3 Å². The summed E-state index contributed by atoms with van der Waals surface area (Å²) in [6.07, 6.45) is 4.63. The highest BCUT2D eigenvalue weighted by Crippen LogP contribution is 2.43. The van der Waals surface area contributed by atoms with Crippen LogP contribution in [0.15, 0.2) is 36.4 Å². The molecule has 34 heavy (non-hydrogen) atoms. The van der Waals surface area contributed by atoms with Crippen molar-refractivity contribution in [3.8, 4) is 5.75 Å². The SMILES string of the molecule is O=S(=O)(CC1CC1)NCCOc1cc2c(cc1F)CC(CN1CCC1)C2Cc1cccc(F)c1. The number of fused-ring (bicyclic) bond motifs is 1. The van der Waals surface area contributed by atoms with Crippen LogP contribution < -0.4 is 9.46 Å². The number of hydrogen-bond donors (Lipinski definition) is 1. The molecule has 2 unspecified atom stereocenters. The van der Waals surface area contributed by atoms with Gasteiger partial charge in [0, 0.05) is 13.1 Å². The Morgan fingerprint density at radius 2 is 1.94 bits per heavy atom. The molecule has 5 nitrogen and oxygen atoms in total. The molecule has 1 saturated heterocycles. The van der Waals surface area contributed by atoms with Crippen LogP contribution in [0.4, 0.5) is 8.78 Å². The first-order valence-corrected chi connectivity index (χ1v) is 13.9. The second-order valence-corrected chi connectivity index (χ2v) is 11.9. The molecule has 0 aromatic heterocycles. The summed E-state index contributed by atoms with van der Waals surface area (Å²) in [7, 11) is -3.31. The third-order valence-corrected chi connectivity index (χ3v) is 8.82. The number of rotatable bonds is 11. The van der Waals surface area contributed by atoms with E-state index in [0.717, 1.165) is 55.6 Å². The van der Waals surface area contributed by atoms with E-state index >= 15 is 0 Å². The fraction of sp³-hybridized carbons (Fsp3) is 0.538. The fourth-order valence-electron chi connectivity index (χ4n) is 5.22. The first kappa shape index (κ1) is 23.7. The van der Waals surface area contributed by atoms with Gasteiger partial charge in [0.05, 0.1) is 5.75 Å². The van der Waals surface area contributed by atoms with Gasteiger partial charge in [-0.1, -0.05) is 12.1 Å². The van der Waals surface area contributed by atoms with Crippen molar-refractivity contribution < 1.29 is 21.9 Å². The van der Waals surface area contributed by atoms with Gasteiger partial charge in [0.25, 0.3) is 0 Å². The molecule has 184 valence electrons. The molecule has 2 aromatic rings. The zero-order valence-electron chi connectivity index (χ0n) is 19.3. The van der Waals surface area contributed by atoms with Crippen molar-refractivity contribution >= 4 is 10.0 Å². The Kier molecular flexibility index (Phi) is 6.91. The van der Waals surface area contributed by atoms with Crippen LogP contribution in [0.3, 0.4) is 0 Å². The van der Waals surface area contributed by atoms with Crippen molar-refractivity contribution in [3.05, 3.63) is 64.7 Å². The first-order chi connectivity index (χ1) is 16.4. The second-order valence-electron chi connectivity index (χ2n) is 10.0. The maximum absolute atomic E-state index is 14.8. The molecule has 0 radical (unpaired) electrons. The van der Waals surface area contributed by atoms with Crippen LogP contribution in [0.25, 0.3) is 0 Å². The predicted octanol–water partition coefficient (Wildman–Crippen LogP) is 3.88. The Hall–Kier alpha value is -2.03. The number of nitrogens with zero attached hydrogens (tertiary/aromatic N) is 1. The summed E-state index contributed by atoms with van der Waals surface area (Å²) in [6, 6.07) is 10.0. The highest BCUT2D eigenvalue weighted by Gasteiger charge is 2.36. The number of sulfonamides is 1. The standard InChI is InChI=1S/C26H32F2N2O3S/c27-22-4-1-3-19(11-22)12-23-21(16-30-8-2-9-30)13-20-14-25(28)26(15-24(20)23)33-10-7-29-34(31,32)17-18-5-6-18/h1,3-4,11,14-15,18,21,23,29H,2,5-10,12-13,16-17H2. The van der Waals surface area contributed by atoms with Crippen LogP contribution in [0, 0.1) is 23.5 Å². The summed E-state index contributed by atoms with van der Waals surface area (Å²) in [5, 5.41) is 0. The fourth-order valence-corrected chi connectivity index (χ4v) is 6.68. The van der Waals surface area contributed by atoms with Gasteiger partial charge < -0.3 is 9.64 Å². The van der Waals surface area contributed by atoms with Crippen LogP contribution in [-0.2, 0) is 22.9 Å². The minimum absolute atomic E-state index is 0.0609. The molecule has 3 aliphatic rings. The van der Waals surface area contributed by atoms with Crippen LogP contribution in [0.2, 0.25) is 0 Å². The smallest absolute Gasteiger partial charge is 0.211 e. The van der Waals surface area contributed by atoms with E-state index in [1.165, 1.54) is 12.5 Å². The molecule has 5 rings (SSSR count). The molecule has 1 N–H and O–H groups in total. The maximum atomic E-state index is 14.8. The maximum Gasteiger partial charge on any atom is 0.211 e. The van der Waals surface area contributed by atoms with E-state index in [9.17, 15) is 17.2 Å². The van der Waals surface area contributed by atoms with Crippen LogP contribution >= 0.6 is 0 Å². The lowest BCUT2D eigenvalue weighted by Gasteiger charge is -2.35. The Morgan fingerprint density at radius 3 is 2.65 bits per heavy atom. The van der Waals surface area contributed by atoms with Crippen LogP contribution in [-0.4, -0.2) is 51.9 Å². The lowest BCUT2D eigenvalue weighted by Crippen LogP contribution is -2.41. The quantitative estimate of drug-likeness (QED) is 0.486. The highest BCUT2D eigenvalue weighted by molar-refractivity contribution is 7.89. The molecule has 2 aromatic carbocycles. The zero-order chi connectivity index (χ0) is 23.7. The molecule has 8 heteroatoms. The molecule has 2 aliphatic carbocycles. The minimum atomic E-state index is -3.31. The topological polar surface area (TPSA) is 58.6 Å². The monoisotopic (exact) mass is 490 g/mol. The predicted molar refractivity (Wildman–Crippen MR) is 128 cm³/mol. The molecule has 1 heterocycles. The Balaban J connectivity index is 1.28. The molecular formula is C26H32F2N2O3S. The largest absolute Gasteiger partial charge is 0.489 e. The van der Waals surface area contributed by atoms with Gasteiger partial charge in [-0.3, -0.25) is 0 Å². The Morgan fingerprint density at radius 1 is 1.12 bits per heavy atom. The first-order valence-electron chi connectivity index (χ1n) is 12.3. The Labute approximate surface area is 200 Å². The van der Waals surface area contributed by atoms with Gasteiger partial charge in [0.1, 0.15) is 12.4 Å². The number of nitrogens with one attached hydrogen (secondary N) is 1. The summed E-state index contributed by atoms with van der Waals surface area (Å²) < 4.78 is 61.0. The van der Waals surface area contributed by atoms with E-state index in [2.05, 4.69) is 9.62 Å². The summed E-state index contributed by atoms with van der Waals surface area (Å²) in [4.78, 5) is 2.43. The summed E-state index contributed by atoms with van der Waals surface area (Å²) in [5.74, 6) is 0.386. The molecule has 1 aliphatic heterocycles. The lowest BCUT2D eigenvalue weighted by atomic mass is 9.85. The molecule has 0 amide bonds. The average molecular weight is 491 g/mol. The number of halogens is 2. The van der Waals surface area contributed by atoms with E-state index in [0.29, 0.717) is 12.3 Å². The molecule has 2 fully saturated rings. The molecule has 2 atom stereocenters. The third-order valence-electron chi connectivity index (χ3n) is 7.26. The van der Waals surface area contributed by atoms with E-state index in [1.54, 1.807) is 24.3 Å². The van der Waals surface area contributed by atoms with E-state index in [1.807, 2.05) is 6.07 Å². The van der Waals surface area contributed by atoms with Gasteiger partial charge in [-0.15, -0.1) is 0 Å². The van der Waals surface area contributed by atoms with Crippen molar-refractivity contribution in [1.29, 1.82) is 0 Å². The van der Waals surface area contributed by atoms with Crippen LogP contribution in [0.5, 0.6) is 5.75 Å². The third kappa shape index (κ3) is 5.78. The molecular weight excluding hydrogens is 458 g/mol. The van der Waals surface area contributed by atoms with Gasteiger partial charge in [0.2, 0.25) is 10.0 Å². The summed E-state index contributed by atoms with van der Waals surface area (Å²) in [5.41, 5.74) is 2.98. The normalized spacial score (nSPS) is 22.4. The van der Waals surface area contributed by atoms with Crippen molar-refractivity contribution in [2.45, 2.75) is 38.0 Å². The van der Waals surface area contributed by atoms with E-state index < -0.39 is 15.8 Å². The Bertz CT molecular complexity index is 1130. The zero-order valence-corrected chi connectivity index (χ0v) is 20.1. The molecule has 0 bridgehead atoms. The highest BCUT2D eigenvalue weighted by atomic mass is 32.2. The van der Waals surface area contributed by atoms with Gasteiger partial charge in [0.15, 0.2) is 11.6 Å². The number of hydrogen-bond acceptors (Lipinski definition) is 4. The van der Waals surface area contributed by atoms with Crippen molar-refractivity contribution in [2.75, 3.05) is 38.5 Å². The number of likely N-dealkylation sites (tertiary alicyclic amines) is 1. The summed E-state index contributed by atoms with van der Waals surface area (Å²) in [6.45, 7) is 3.31. The number of ether oxygens (including phenoxy) is 1. The minimum Gasteiger partial charge on any atom is -0.489 e. The van der Waals surface area contributed by atoms with Crippen LogP contribution in [0.1, 0.15) is 41.9 Å². The van der Waals surface area contributed by atoms with Crippen molar-refractivity contribution in [3.63, 3.8) is 0 Å². The molecule has 0 spiro atoms. The average Bonchev–Trinajstić information content (AvgIpc) is 3.49. The van der Waals surface area contributed by atoms with Gasteiger partial charge >= 0.3 is 0 Å². The number of benzene rings is 2. The van der Waals surface area contributed by atoms with Gasteiger partial charge in [-0.05, 0) is 104 Å². The summed E-state index contributed by atoms with van der Waals surface area (Å²) >= 11 is 0. The lowest BCUT2D eigenvalue weighted by molar-refractivity contribution is 0.145.